The lowest BCUT2D eigenvalue weighted by molar-refractivity contribution is 0.402. The van der Waals surface area contributed by atoms with Crippen molar-refractivity contribution in [2.24, 2.45) is 4.99 Å². The Morgan fingerprint density at radius 1 is 0.645 bits per heavy atom. The van der Waals surface area contributed by atoms with Gasteiger partial charge in [-0.2, -0.15) is 5.26 Å². The van der Waals surface area contributed by atoms with Gasteiger partial charge in [-0.25, -0.2) is 4.99 Å². The molecule has 4 heterocycles. The number of nitrogens with one attached hydrogen (secondary N) is 2. The van der Waals surface area contributed by atoms with Crippen molar-refractivity contribution in [1.82, 2.24) is 10.6 Å². The summed E-state index contributed by atoms with van der Waals surface area (Å²) in [5.74, 6) is 3.66. The van der Waals surface area contributed by atoms with E-state index in [0.717, 1.165) is 68.1 Å². The van der Waals surface area contributed by atoms with Crippen molar-refractivity contribution >= 4 is 60.1 Å². The van der Waals surface area contributed by atoms with Gasteiger partial charge in [0.25, 0.3) is 0 Å². The predicted molar refractivity (Wildman–Crippen MR) is 249 cm³/mol. The van der Waals surface area contributed by atoms with Crippen molar-refractivity contribution in [2.45, 2.75) is 31.2 Å². The van der Waals surface area contributed by atoms with E-state index in [4.69, 9.17) is 14.5 Å². The van der Waals surface area contributed by atoms with Crippen LogP contribution in [0.5, 0.6) is 23.0 Å². The maximum absolute atomic E-state index is 11.3. The first-order valence-electron chi connectivity index (χ1n) is 20.8. The summed E-state index contributed by atoms with van der Waals surface area (Å²) in [4.78, 5) is 10.2. The maximum atomic E-state index is 11.3. The molecule has 0 saturated carbocycles. The molecular formula is C53H38N6O2S. The highest BCUT2D eigenvalue weighted by Crippen LogP contribution is 2.57. The van der Waals surface area contributed by atoms with Crippen molar-refractivity contribution in [3.05, 3.63) is 204 Å². The Hall–Kier alpha value is -7.64. The topological polar surface area (TPSA) is 85.2 Å². The SMILES string of the molecule is CC1(N2c3ccccc3Oc3ccccc32)CC(N2c3ccccc3Oc3ccccc32)=C(C#N)C=C1C1=NC(c2ccc3c(c2)sc2ccccc23)NC(c2ccccc2)N1. The summed E-state index contributed by atoms with van der Waals surface area (Å²) in [6, 6.07) is 60.8. The number of anilines is 4. The number of thiophene rings is 1. The number of amidine groups is 1. The number of nitrogens with zero attached hydrogens (tertiary/aromatic N) is 4. The molecule has 0 amide bonds. The summed E-state index contributed by atoms with van der Waals surface area (Å²) in [6.45, 7) is 2.27. The zero-order chi connectivity index (χ0) is 41.4. The molecular weight excluding hydrogens is 785 g/mol. The Balaban J connectivity index is 1.10. The Bertz CT molecular complexity index is 3170. The number of hydrogen-bond donors (Lipinski definition) is 2. The zero-order valence-electron chi connectivity index (χ0n) is 33.6. The van der Waals surface area contributed by atoms with Crippen LogP contribution in [0.2, 0.25) is 0 Å². The molecule has 7 aromatic carbocycles. The molecule has 62 heavy (non-hydrogen) atoms. The summed E-state index contributed by atoms with van der Waals surface area (Å²) < 4.78 is 15.5. The second-order valence-corrected chi connectivity index (χ2v) is 17.2. The molecule has 1 aromatic heterocycles. The summed E-state index contributed by atoms with van der Waals surface area (Å²) in [5, 5.41) is 21.5. The van der Waals surface area contributed by atoms with Gasteiger partial charge in [0.05, 0.1) is 33.9 Å². The normalized spacial score (nSPS) is 20.1. The lowest BCUT2D eigenvalue weighted by atomic mass is 9.76. The average molecular weight is 823 g/mol. The summed E-state index contributed by atoms with van der Waals surface area (Å²) in [5.41, 5.74) is 7.14. The van der Waals surface area contributed by atoms with Gasteiger partial charge >= 0.3 is 0 Å². The molecule has 0 saturated heterocycles. The highest BCUT2D eigenvalue weighted by molar-refractivity contribution is 7.25. The maximum Gasteiger partial charge on any atom is 0.151 e. The van der Waals surface area contributed by atoms with E-state index in [-0.39, 0.29) is 6.17 Å². The number of ether oxygens (including phenoxy) is 2. The zero-order valence-corrected chi connectivity index (χ0v) is 34.4. The van der Waals surface area contributed by atoms with Crippen LogP contribution >= 0.6 is 11.3 Å². The molecule has 0 radical (unpaired) electrons. The van der Waals surface area contributed by atoms with Gasteiger partial charge in [-0.15, -0.1) is 11.3 Å². The molecule has 9 heteroatoms. The fourth-order valence-electron chi connectivity index (χ4n) is 9.55. The van der Waals surface area contributed by atoms with Gasteiger partial charge in [0.15, 0.2) is 23.0 Å². The molecule has 8 nitrogen and oxygen atoms in total. The molecule has 0 bridgehead atoms. The minimum Gasteiger partial charge on any atom is -0.453 e. The van der Waals surface area contributed by atoms with Crippen LogP contribution in [0, 0.1) is 11.3 Å². The first-order chi connectivity index (χ1) is 30.5. The second kappa shape index (κ2) is 14.2. The van der Waals surface area contributed by atoms with E-state index in [9.17, 15) is 5.26 Å². The summed E-state index contributed by atoms with van der Waals surface area (Å²) in [6.07, 6.45) is 1.78. The molecule has 3 unspecified atom stereocenters. The van der Waals surface area contributed by atoms with Gasteiger partial charge in [-0.05, 0) is 84.8 Å². The molecule has 4 aliphatic rings. The Kier molecular flexibility index (Phi) is 8.32. The number of para-hydroxylation sites is 8. The van der Waals surface area contributed by atoms with Crippen LogP contribution in [-0.4, -0.2) is 11.4 Å². The quantitative estimate of drug-likeness (QED) is 0.179. The third-order valence-electron chi connectivity index (χ3n) is 12.4. The van der Waals surface area contributed by atoms with Crippen LogP contribution in [0.3, 0.4) is 0 Å². The summed E-state index contributed by atoms with van der Waals surface area (Å²) >= 11 is 1.80. The van der Waals surface area contributed by atoms with E-state index < -0.39 is 11.7 Å². The van der Waals surface area contributed by atoms with Crippen LogP contribution in [-0.2, 0) is 0 Å². The fraction of sp³-hybridized carbons (Fsp3) is 0.0943. The lowest BCUT2D eigenvalue weighted by Crippen LogP contribution is -2.55. The van der Waals surface area contributed by atoms with Crippen molar-refractivity contribution in [1.29, 1.82) is 5.26 Å². The molecule has 0 fully saturated rings. The molecule has 3 atom stereocenters. The number of allylic oxidation sites excluding steroid dienone is 2. The van der Waals surface area contributed by atoms with E-state index in [0.29, 0.717) is 17.8 Å². The van der Waals surface area contributed by atoms with Gasteiger partial charge in [-0.1, -0.05) is 109 Å². The van der Waals surface area contributed by atoms with E-state index in [2.05, 4.69) is 143 Å². The molecule has 8 aromatic rings. The lowest BCUT2D eigenvalue weighted by Gasteiger charge is -2.51. The first kappa shape index (κ1) is 36.2. The Morgan fingerprint density at radius 2 is 1.21 bits per heavy atom. The minimum atomic E-state index is -0.849. The van der Waals surface area contributed by atoms with Crippen LogP contribution in [0.4, 0.5) is 22.7 Å². The number of benzene rings is 7. The van der Waals surface area contributed by atoms with Crippen LogP contribution in [0.25, 0.3) is 20.2 Å². The van der Waals surface area contributed by atoms with Crippen molar-refractivity contribution in [2.75, 3.05) is 9.80 Å². The molecule has 2 N–H and O–H groups in total. The number of hydrogen-bond acceptors (Lipinski definition) is 9. The second-order valence-electron chi connectivity index (χ2n) is 16.1. The van der Waals surface area contributed by atoms with Crippen LogP contribution in [0.15, 0.2) is 198 Å². The Labute approximate surface area is 362 Å². The van der Waals surface area contributed by atoms with Crippen molar-refractivity contribution < 1.29 is 9.47 Å². The van der Waals surface area contributed by atoms with Gasteiger partial charge in [0, 0.05) is 37.9 Å². The molecule has 298 valence electrons. The highest BCUT2D eigenvalue weighted by atomic mass is 32.1. The van der Waals surface area contributed by atoms with Crippen molar-refractivity contribution in [3.8, 4) is 29.1 Å². The predicted octanol–water partition coefficient (Wildman–Crippen LogP) is 13.1. The van der Waals surface area contributed by atoms with Gasteiger partial charge in [-0.3, -0.25) is 5.32 Å². The van der Waals surface area contributed by atoms with E-state index in [1.807, 2.05) is 66.7 Å². The van der Waals surface area contributed by atoms with Crippen molar-refractivity contribution in [3.63, 3.8) is 0 Å². The first-order valence-corrected chi connectivity index (χ1v) is 21.6. The van der Waals surface area contributed by atoms with Crippen LogP contribution in [0.1, 0.15) is 36.8 Å². The average Bonchev–Trinajstić information content (AvgIpc) is 3.70. The third kappa shape index (κ3) is 5.72. The van der Waals surface area contributed by atoms with Gasteiger partial charge < -0.3 is 24.6 Å². The molecule has 12 rings (SSSR count). The van der Waals surface area contributed by atoms with E-state index >= 15 is 0 Å². The number of aliphatic imine (C=N–C) groups is 1. The fourth-order valence-corrected chi connectivity index (χ4v) is 10.7. The number of fused-ring (bicyclic) bond motifs is 7. The van der Waals surface area contributed by atoms with Gasteiger partial charge in [0.2, 0.25) is 0 Å². The molecule has 3 aliphatic heterocycles. The standard InChI is InChI=1S/C53H38N6O2S/c1-53(59-41-20-8-12-24-46(41)61-47-25-13-9-21-42(47)59)31-43(58-39-18-6-10-22-44(39)60-45-23-11-7-19-40(45)58)35(32-54)29-38(53)52-56-50(33-15-3-2-4-16-33)55-51(57-52)34-27-28-37-36-17-5-14-26-48(36)62-49(37)30-34/h2-30,50-51,55H,31H2,1H3,(H,56,57). The minimum absolute atomic E-state index is 0.296. The van der Waals surface area contributed by atoms with E-state index in [1.165, 1.54) is 20.2 Å². The number of nitriles is 1. The third-order valence-corrected chi connectivity index (χ3v) is 13.5. The summed E-state index contributed by atoms with van der Waals surface area (Å²) in [7, 11) is 0. The largest absolute Gasteiger partial charge is 0.453 e. The van der Waals surface area contributed by atoms with E-state index in [1.54, 1.807) is 11.3 Å². The molecule has 1 aliphatic carbocycles. The monoisotopic (exact) mass is 822 g/mol. The Morgan fingerprint density at radius 3 is 1.87 bits per heavy atom. The smallest absolute Gasteiger partial charge is 0.151 e. The van der Waals surface area contributed by atoms with Gasteiger partial charge in [0.1, 0.15) is 24.2 Å². The highest BCUT2D eigenvalue weighted by Gasteiger charge is 2.48. The van der Waals surface area contributed by atoms with Crippen LogP contribution < -0.4 is 29.9 Å². The molecule has 0 spiro atoms. The number of rotatable bonds is 5.